The zero-order chi connectivity index (χ0) is 16.2. The first-order chi connectivity index (χ1) is 11.2. The number of hydrogen-bond donors (Lipinski definition) is 0. The van der Waals surface area contributed by atoms with Gasteiger partial charge < -0.3 is 9.64 Å². The molecular weight excluding hydrogens is 380 g/mol. The number of carbonyl (C=O) groups is 1. The van der Waals surface area contributed by atoms with Crippen molar-refractivity contribution in [2.75, 3.05) is 13.1 Å². The van der Waals surface area contributed by atoms with Crippen LogP contribution in [0.15, 0.2) is 22.8 Å². The van der Waals surface area contributed by atoms with Gasteiger partial charge in [-0.2, -0.15) is 0 Å². The number of carbonyl (C=O) groups excluding carboxylic acids is 1. The summed E-state index contributed by atoms with van der Waals surface area (Å²) in [5, 5.41) is 4.07. The van der Waals surface area contributed by atoms with Gasteiger partial charge in [0, 0.05) is 29.7 Å². The maximum atomic E-state index is 12.6. The molecule has 0 aliphatic carbocycles. The van der Waals surface area contributed by atoms with Gasteiger partial charge in [0.25, 0.3) is 5.91 Å². The fourth-order valence-corrected chi connectivity index (χ4v) is 3.44. The number of amides is 1. The summed E-state index contributed by atoms with van der Waals surface area (Å²) < 4.78 is 10.7. The molecule has 8 heteroatoms. The first-order valence-corrected chi connectivity index (χ1v) is 9.12. The number of aryl methyl sites for hydroxylation is 1. The molecule has 122 valence electrons. The maximum absolute atomic E-state index is 12.6. The van der Waals surface area contributed by atoms with Crippen molar-refractivity contribution in [3.05, 3.63) is 33.4 Å². The van der Waals surface area contributed by atoms with E-state index >= 15 is 0 Å². The minimum Gasteiger partial charge on any atom is -0.472 e. The molecule has 2 aromatic heterocycles. The minimum atomic E-state index is -0.0249. The highest BCUT2D eigenvalue weighted by Crippen LogP contribution is 2.22. The van der Waals surface area contributed by atoms with Crippen LogP contribution in [0.1, 0.15) is 35.1 Å². The number of halogens is 1. The van der Waals surface area contributed by atoms with Gasteiger partial charge in [0.05, 0.1) is 12.2 Å². The summed E-state index contributed by atoms with van der Waals surface area (Å²) in [5.74, 6) is 0.594. The summed E-state index contributed by atoms with van der Waals surface area (Å²) in [6.45, 7) is 3.32. The Morgan fingerprint density at radius 1 is 1.52 bits per heavy atom. The van der Waals surface area contributed by atoms with Crippen LogP contribution in [-0.4, -0.2) is 44.6 Å². The topological polar surface area (TPSA) is 68.2 Å². The third-order valence-electron chi connectivity index (χ3n) is 3.66. The van der Waals surface area contributed by atoms with Crippen LogP contribution in [0.3, 0.4) is 0 Å². The van der Waals surface area contributed by atoms with Gasteiger partial charge in [-0.3, -0.25) is 4.79 Å². The minimum absolute atomic E-state index is 0.0123. The Morgan fingerprint density at radius 2 is 2.39 bits per heavy atom. The van der Waals surface area contributed by atoms with Gasteiger partial charge in [0.1, 0.15) is 11.0 Å². The summed E-state index contributed by atoms with van der Waals surface area (Å²) in [6.07, 6.45) is 4.22. The standard InChI is InChI=1S/C15H17BrN4O2S/c1-2-3-12-14(23-19-18-12)15(21)20-7-6-11(9-20)22-13-5-4-10(16)8-17-13/h4-5,8,11H,2-3,6-7,9H2,1H3. The van der Waals surface area contributed by atoms with Crippen molar-refractivity contribution in [1.82, 2.24) is 19.5 Å². The highest BCUT2D eigenvalue weighted by atomic mass is 79.9. The molecule has 0 radical (unpaired) electrons. The zero-order valence-corrected chi connectivity index (χ0v) is 15.1. The summed E-state index contributed by atoms with van der Waals surface area (Å²) in [4.78, 5) is 19.3. The van der Waals surface area contributed by atoms with E-state index in [2.05, 4.69) is 37.4 Å². The van der Waals surface area contributed by atoms with Gasteiger partial charge in [-0.05, 0) is 39.9 Å². The van der Waals surface area contributed by atoms with E-state index in [1.54, 1.807) is 6.20 Å². The van der Waals surface area contributed by atoms with E-state index in [-0.39, 0.29) is 12.0 Å². The smallest absolute Gasteiger partial charge is 0.267 e. The van der Waals surface area contributed by atoms with Gasteiger partial charge in [-0.1, -0.05) is 17.8 Å². The predicted octanol–water partition coefficient (Wildman–Crippen LogP) is 2.94. The third-order valence-corrected chi connectivity index (χ3v) is 4.88. The molecule has 3 rings (SSSR count). The van der Waals surface area contributed by atoms with Crippen molar-refractivity contribution in [3.8, 4) is 5.88 Å². The normalized spacial score (nSPS) is 17.5. The van der Waals surface area contributed by atoms with Crippen molar-refractivity contribution in [1.29, 1.82) is 0 Å². The van der Waals surface area contributed by atoms with E-state index in [9.17, 15) is 4.79 Å². The van der Waals surface area contributed by atoms with Crippen LogP contribution in [0.25, 0.3) is 0 Å². The molecule has 1 atom stereocenters. The average molecular weight is 397 g/mol. The number of rotatable bonds is 5. The van der Waals surface area contributed by atoms with Crippen molar-refractivity contribution in [3.63, 3.8) is 0 Å². The lowest BCUT2D eigenvalue weighted by Crippen LogP contribution is -2.31. The van der Waals surface area contributed by atoms with Crippen molar-refractivity contribution >= 4 is 33.4 Å². The SMILES string of the molecule is CCCc1nnsc1C(=O)N1CCC(Oc2ccc(Br)cn2)C1. The van der Waals surface area contributed by atoms with Gasteiger partial charge in [-0.15, -0.1) is 5.10 Å². The molecule has 1 fully saturated rings. The Hall–Kier alpha value is -1.54. The average Bonchev–Trinajstić information content (AvgIpc) is 3.19. The summed E-state index contributed by atoms with van der Waals surface area (Å²) in [7, 11) is 0. The largest absolute Gasteiger partial charge is 0.472 e. The van der Waals surface area contributed by atoms with Crippen LogP contribution in [0, 0.1) is 0 Å². The van der Waals surface area contributed by atoms with Gasteiger partial charge in [0.15, 0.2) is 0 Å². The molecule has 0 aromatic carbocycles. The summed E-state index contributed by atoms with van der Waals surface area (Å²) in [6, 6.07) is 3.71. The fourth-order valence-electron chi connectivity index (χ4n) is 2.53. The van der Waals surface area contributed by atoms with E-state index in [0.717, 1.165) is 29.4 Å². The maximum Gasteiger partial charge on any atom is 0.267 e. The van der Waals surface area contributed by atoms with E-state index in [1.165, 1.54) is 11.5 Å². The van der Waals surface area contributed by atoms with Crippen LogP contribution < -0.4 is 4.74 Å². The molecule has 6 nitrogen and oxygen atoms in total. The summed E-state index contributed by atoms with van der Waals surface area (Å²) >= 11 is 4.53. The lowest BCUT2D eigenvalue weighted by molar-refractivity contribution is 0.0774. The monoisotopic (exact) mass is 396 g/mol. The number of likely N-dealkylation sites (tertiary alicyclic amines) is 1. The lowest BCUT2D eigenvalue weighted by atomic mass is 10.2. The second-order valence-corrected chi connectivity index (χ2v) is 7.06. The van der Waals surface area contributed by atoms with Crippen molar-refractivity contribution in [2.24, 2.45) is 0 Å². The quantitative estimate of drug-likeness (QED) is 0.776. The highest BCUT2D eigenvalue weighted by Gasteiger charge is 2.30. The fraction of sp³-hybridized carbons (Fsp3) is 0.467. The number of aromatic nitrogens is 3. The Bertz CT molecular complexity index is 676. The van der Waals surface area contributed by atoms with Crippen molar-refractivity contribution in [2.45, 2.75) is 32.3 Å². The van der Waals surface area contributed by atoms with Gasteiger partial charge in [0.2, 0.25) is 5.88 Å². The predicted molar refractivity (Wildman–Crippen MR) is 90.8 cm³/mol. The number of pyridine rings is 1. The first-order valence-electron chi connectivity index (χ1n) is 7.56. The van der Waals surface area contributed by atoms with Crippen LogP contribution in [0.2, 0.25) is 0 Å². The Balaban J connectivity index is 1.61. The molecule has 1 aliphatic rings. The molecule has 23 heavy (non-hydrogen) atoms. The van der Waals surface area contributed by atoms with E-state index in [0.29, 0.717) is 23.8 Å². The first kappa shape index (κ1) is 16.3. The van der Waals surface area contributed by atoms with Crippen LogP contribution in [0.4, 0.5) is 0 Å². The lowest BCUT2D eigenvalue weighted by Gasteiger charge is -2.16. The molecular formula is C15H17BrN4O2S. The summed E-state index contributed by atoms with van der Waals surface area (Å²) in [5.41, 5.74) is 0.807. The molecule has 0 bridgehead atoms. The van der Waals surface area contributed by atoms with E-state index < -0.39 is 0 Å². The Labute approximate surface area is 147 Å². The van der Waals surface area contributed by atoms with Crippen LogP contribution in [-0.2, 0) is 6.42 Å². The number of ether oxygens (including phenoxy) is 1. The zero-order valence-electron chi connectivity index (χ0n) is 12.7. The molecule has 1 amide bonds. The Morgan fingerprint density at radius 3 is 3.13 bits per heavy atom. The van der Waals surface area contributed by atoms with Gasteiger partial charge in [-0.25, -0.2) is 4.98 Å². The molecule has 0 N–H and O–H groups in total. The molecule has 0 saturated carbocycles. The molecule has 1 unspecified atom stereocenters. The highest BCUT2D eigenvalue weighted by molar-refractivity contribution is 9.10. The Kier molecular flexibility index (Phi) is 5.22. The second kappa shape index (κ2) is 7.35. The van der Waals surface area contributed by atoms with Crippen molar-refractivity contribution < 1.29 is 9.53 Å². The van der Waals surface area contributed by atoms with Crippen LogP contribution >= 0.6 is 27.5 Å². The molecule has 3 heterocycles. The number of hydrogen-bond acceptors (Lipinski definition) is 6. The molecule has 1 aliphatic heterocycles. The van der Waals surface area contributed by atoms with Gasteiger partial charge >= 0.3 is 0 Å². The molecule has 0 spiro atoms. The molecule has 1 saturated heterocycles. The molecule has 2 aromatic rings. The third kappa shape index (κ3) is 3.87. The number of nitrogens with zero attached hydrogens (tertiary/aromatic N) is 4. The van der Waals surface area contributed by atoms with Crippen LogP contribution in [0.5, 0.6) is 5.88 Å². The van der Waals surface area contributed by atoms with E-state index in [4.69, 9.17) is 4.74 Å². The van der Waals surface area contributed by atoms with E-state index in [1.807, 2.05) is 17.0 Å². The second-order valence-electron chi connectivity index (χ2n) is 5.39.